The Bertz CT molecular complexity index is 421. The second kappa shape index (κ2) is 6.71. The lowest BCUT2D eigenvalue weighted by molar-refractivity contribution is 0.752. The molecule has 4 heteroatoms. The summed E-state index contributed by atoms with van der Waals surface area (Å²) in [4.78, 5) is 4.73. The Labute approximate surface area is 128 Å². The van der Waals surface area contributed by atoms with Gasteiger partial charge in [0.15, 0.2) is 0 Å². The second-order valence-electron chi connectivity index (χ2n) is 4.74. The van der Waals surface area contributed by atoms with Gasteiger partial charge in [0.05, 0.1) is 5.84 Å². The fourth-order valence-electron chi connectivity index (χ4n) is 2.61. The van der Waals surface area contributed by atoms with E-state index in [2.05, 4.69) is 58.3 Å². The smallest absolute Gasteiger partial charge is 0.104 e. The van der Waals surface area contributed by atoms with Gasteiger partial charge >= 0.3 is 0 Å². The number of halogens is 2. The topological polar surface area (TPSA) is 24.4 Å². The van der Waals surface area contributed by atoms with E-state index in [0.29, 0.717) is 5.92 Å². The van der Waals surface area contributed by atoms with Crippen molar-refractivity contribution in [2.24, 2.45) is 4.99 Å². The Balaban J connectivity index is 0.00000162. The van der Waals surface area contributed by atoms with Gasteiger partial charge in [0.25, 0.3) is 0 Å². The Morgan fingerprint density at radius 3 is 2.50 bits per heavy atom. The minimum absolute atomic E-state index is 0. The van der Waals surface area contributed by atoms with Crippen LogP contribution >= 0.6 is 32.9 Å². The van der Waals surface area contributed by atoms with Gasteiger partial charge in [-0.15, -0.1) is 17.0 Å². The molecule has 1 N–H and O–H groups in total. The molecule has 1 aromatic rings. The predicted molar refractivity (Wildman–Crippen MR) is 87.4 cm³/mol. The third-order valence-corrected chi connectivity index (χ3v) is 3.48. The number of nitrogens with one attached hydrogen (secondary N) is 1. The number of rotatable bonds is 2. The van der Waals surface area contributed by atoms with Crippen molar-refractivity contribution in [2.45, 2.75) is 38.1 Å². The predicted octanol–water partition coefficient (Wildman–Crippen LogP) is 4.10. The molecule has 0 bridgehead atoms. The molecule has 0 aliphatic carbocycles. The van der Waals surface area contributed by atoms with E-state index in [-0.39, 0.29) is 21.9 Å². The summed E-state index contributed by atoms with van der Waals surface area (Å²) in [5.41, 5.74) is 4.28. The fraction of sp³-hybridized carbons (Fsp3) is 0.500. The van der Waals surface area contributed by atoms with Crippen LogP contribution in [0, 0.1) is 13.8 Å². The summed E-state index contributed by atoms with van der Waals surface area (Å²) in [6.45, 7) is 7.44. The Hall–Kier alpha value is -0.350. The van der Waals surface area contributed by atoms with Gasteiger partial charge in [0.1, 0.15) is 4.95 Å². The molecule has 1 aromatic carbocycles. The van der Waals surface area contributed by atoms with Crippen LogP contribution in [-0.4, -0.2) is 17.3 Å². The standard InChI is InChI=1S/C14H19BrN2.BrH/c1-9-5-4-6-10(2)14(9)12-7-13(16-8-12)17-11(3)15;/h4-6,11-12H,7-8H2,1-3H3,(H,16,17);1H. The summed E-state index contributed by atoms with van der Waals surface area (Å²) < 4.78 is 0. The zero-order chi connectivity index (χ0) is 12.4. The van der Waals surface area contributed by atoms with E-state index >= 15 is 0 Å². The highest BCUT2D eigenvalue weighted by Crippen LogP contribution is 2.29. The molecular weight excluding hydrogens is 356 g/mol. The van der Waals surface area contributed by atoms with E-state index in [9.17, 15) is 0 Å². The van der Waals surface area contributed by atoms with E-state index < -0.39 is 0 Å². The van der Waals surface area contributed by atoms with Crippen molar-refractivity contribution in [3.05, 3.63) is 34.9 Å². The molecule has 2 unspecified atom stereocenters. The molecule has 0 spiro atoms. The van der Waals surface area contributed by atoms with Gasteiger partial charge in [-0.1, -0.05) is 34.1 Å². The average molecular weight is 376 g/mol. The van der Waals surface area contributed by atoms with Crippen LogP contribution in [0.5, 0.6) is 0 Å². The van der Waals surface area contributed by atoms with Crippen molar-refractivity contribution >= 4 is 38.7 Å². The highest BCUT2D eigenvalue weighted by atomic mass is 79.9. The number of benzene rings is 1. The fourth-order valence-corrected chi connectivity index (χ4v) is 2.85. The Morgan fingerprint density at radius 2 is 1.94 bits per heavy atom. The lowest BCUT2D eigenvalue weighted by Gasteiger charge is -2.14. The van der Waals surface area contributed by atoms with Crippen LogP contribution in [-0.2, 0) is 0 Å². The zero-order valence-corrected chi connectivity index (χ0v) is 14.3. The van der Waals surface area contributed by atoms with Gasteiger partial charge in [-0.25, -0.2) is 0 Å². The van der Waals surface area contributed by atoms with Crippen LogP contribution in [0.15, 0.2) is 23.2 Å². The summed E-state index contributed by atoms with van der Waals surface area (Å²) in [6, 6.07) is 6.53. The molecule has 2 atom stereocenters. The van der Waals surface area contributed by atoms with Crippen LogP contribution in [0.4, 0.5) is 0 Å². The van der Waals surface area contributed by atoms with Crippen LogP contribution in [0.25, 0.3) is 0 Å². The van der Waals surface area contributed by atoms with Crippen LogP contribution in [0.1, 0.15) is 36.0 Å². The van der Waals surface area contributed by atoms with Gasteiger partial charge in [-0.05, 0) is 37.5 Å². The van der Waals surface area contributed by atoms with Crippen molar-refractivity contribution < 1.29 is 0 Å². The first kappa shape index (κ1) is 15.7. The van der Waals surface area contributed by atoms with Gasteiger partial charge < -0.3 is 5.32 Å². The summed E-state index contributed by atoms with van der Waals surface area (Å²) in [5.74, 6) is 1.70. The molecule has 1 aliphatic heterocycles. The molecule has 2 nitrogen and oxygen atoms in total. The molecule has 18 heavy (non-hydrogen) atoms. The van der Waals surface area contributed by atoms with Crippen molar-refractivity contribution in [3.63, 3.8) is 0 Å². The molecule has 1 aliphatic rings. The van der Waals surface area contributed by atoms with Gasteiger partial charge in [0.2, 0.25) is 0 Å². The SMILES string of the molecule is Br.Cc1cccc(C)c1C1CN/C(=N\C(C)Br)C1. The summed E-state index contributed by atoms with van der Waals surface area (Å²) in [5, 5.41) is 3.41. The summed E-state index contributed by atoms with van der Waals surface area (Å²) >= 11 is 3.46. The molecule has 0 amide bonds. The molecular formula is C14H20Br2N2. The van der Waals surface area contributed by atoms with Crippen molar-refractivity contribution in [1.29, 1.82) is 0 Å². The zero-order valence-electron chi connectivity index (χ0n) is 11.0. The summed E-state index contributed by atoms with van der Waals surface area (Å²) in [6.07, 6.45) is 1.03. The second-order valence-corrected chi connectivity index (χ2v) is 6.06. The first-order chi connectivity index (χ1) is 8.08. The molecule has 0 aromatic heterocycles. The van der Waals surface area contributed by atoms with E-state index in [1.807, 2.05) is 6.92 Å². The van der Waals surface area contributed by atoms with Gasteiger partial charge in [-0.2, -0.15) is 0 Å². The third kappa shape index (κ3) is 3.58. The molecule has 0 radical (unpaired) electrons. The van der Waals surface area contributed by atoms with Crippen LogP contribution in [0.3, 0.4) is 0 Å². The number of aliphatic imine (C=N–C) groups is 1. The molecule has 100 valence electrons. The number of hydrogen-bond donors (Lipinski definition) is 1. The highest BCUT2D eigenvalue weighted by Gasteiger charge is 2.24. The number of nitrogens with zero attached hydrogens (tertiary/aromatic N) is 1. The van der Waals surface area contributed by atoms with E-state index in [1.54, 1.807) is 0 Å². The normalized spacial score (nSPS) is 22.4. The number of hydrogen-bond acceptors (Lipinski definition) is 1. The van der Waals surface area contributed by atoms with Crippen molar-refractivity contribution in [3.8, 4) is 0 Å². The summed E-state index contributed by atoms with van der Waals surface area (Å²) in [7, 11) is 0. The quantitative estimate of drug-likeness (QED) is 0.610. The van der Waals surface area contributed by atoms with Crippen LogP contribution in [0.2, 0.25) is 0 Å². The molecule has 1 saturated heterocycles. The Kier molecular flexibility index (Phi) is 5.86. The maximum Gasteiger partial charge on any atom is 0.104 e. The number of alkyl halides is 1. The first-order valence-corrected chi connectivity index (χ1v) is 7.00. The molecule has 2 rings (SSSR count). The van der Waals surface area contributed by atoms with Crippen molar-refractivity contribution in [2.75, 3.05) is 6.54 Å². The highest BCUT2D eigenvalue weighted by molar-refractivity contribution is 9.09. The maximum atomic E-state index is 4.53. The molecule has 0 saturated carbocycles. The largest absolute Gasteiger partial charge is 0.373 e. The minimum atomic E-state index is 0. The first-order valence-electron chi connectivity index (χ1n) is 6.08. The molecule has 1 heterocycles. The molecule has 1 fully saturated rings. The number of amidine groups is 1. The Morgan fingerprint density at radius 1 is 1.33 bits per heavy atom. The lowest BCUT2D eigenvalue weighted by Crippen LogP contribution is -2.16. The van der Waals surface area contributed by atoms with Crippen LogP contribution < -0.4 is 5.32 Å². The lowest BCUT2D eigenvalue weighted by atomic mass is 9.90. The maximum absolute atomic E-state index is 4.53. The monoisotopic (exact) mass is 374 g/mol. The van der Waals surface area contributed by atoms with Gasteiger partial charge in [-0.3, -0.25) is 4.99 Å². The van der Waals surface area contributed by atoms with E-state index in [4.69, 9.17) is 0 Å². The number of aryl methyl sites for hydroxylation is 2. The van der Waals surface area contributed by atoms with Gasteiger partial charge in [0, 0.05) is 18.9 Å². The van der Waals surface area contributed by atoms with Crippen molar-refractivity contribution in [1.82, 2.24) is 5.32 Å². The van der Waals surface area contributed by atoms with E-state index in [0.717, 1.165) is 18.8 Å². The average Bonchev–Trinajstić information content (AvgIpc) is 2.65. The minimum Gasteiger partial charge on any atom is -0.373 e. The third-order valence-electron chi connectivity index (χ3n) is 3.28. The van der Waals surface area contributed by atoms with E-state index in [1.165, 1.54) is 16.7 Å².